The highest BCUT2D eigenvalue weighted by Gasteiger charge is 2.14. The molecule has 2 aromatic rings. The molecule has 100 valence electrons. The van der Waals surface area contributed by atoms with Crippen LogP contribution in [0.2, 0.25) is 0 Å². The van der Waals surface area contributed by atoms with E-state index in [2.05, 4.69) is 50.9 Å². The summed E-state index contributed by atoms with van der Waals surface area (Å²) in [4.78, 5) is 0. The van der Waals surface area contributed by atoms with Crippen LogP contribution in [0.1, 0.15) is 36.1 Å². The predicted molar refractivity (Wildman–Crippen MR) is 86.3 cm³/mol. The molecule has 0 amide bonds. The smallest absolute Gasteiger partial charge is 0.105 e. The second kappa shape index (κ2) is 6.69. The molecule has 2 aromatic carbocycles. The fraction of sp³-hybridized carbons (Fsp3) is 0.250. The van der Waals surface area contributed by atoms with Gasteiger partial charge < -0.3 is 5.11 Å². The summed E-state index contributed by atoms with van der Waals surface area (Å²) in [6.45, 7) is 2.16. The summed E-state index contributed by atoms with van der Waals surface area (Å²) < 4.78 is 1.91. The van der Waals surface area contributed by atoms with Crippen molar-refractivity contribution in [3.8, 4) is 0 Å². The first-order chi connectivity index (χ1) is 9.11. The molecule has 1 nitrogen and oxygen atoms in total. The van der Waals surface area contributed by atoms with Gasteiger partial charge in [0.2, 0.25) is 0 Å². The standard InChI is InChI=1S/C16H16Br2O/c1-2-4-11-5-3-6-12(9-11)16(19)14-8-7-13(17)10-15(14)18/h3,5-10,16,19H,2,4H2,1H3. The van der Waals surface area contributed by atoms with Crippen molar-refractivity contribution in [2.45, 2.75) is 25.9 Å². The highest BCUT2D eigenvalue weighted by molar-refractivity contribution is 9.11. The van der Waals surface area contributed by atoms with E-state index >= 15 is 0 Å². The van der Waals surface area contributed by atoms with Crippen LogP contribution in [0.3, 0.4) is 0 Å². The van der Waals surface area contributed by atoms with Crippen LogP contribution >= 0.6 is 31.9 Å². The molecule has 3 heteroatoms. The van der Waals surface area contributed by atoms with E-state index in [1.54, 1.807) is 0 Å². The molecule has 0 bridgehead atoms. The van der Waals surface area contributed by atoms with Crippen molar-refractivity contribution in [3.63, 3.8) is 0 Å². The summed E-state index contributed by atoms with van der Waals surface area (Å²) >= 11 is 6.93. The van der Waals surface area contributed by atoms with E-state index in [1.807, 2.05) is 30.3 Å². The third-order valence-corrected chi connectivity index (χ3v) is 4.24. The molecule has 0 fully saturated rings. The first-order valence-corrected chi connectivity index (χ1v) is 7.92. The van der Waals surface area contributed by atoms with Crippen molar-refractivity contribution in [3.05, 3.63) is 68.1 Å². The Morgan fingerprint density at radius 2 is 1.89 bits per heavy atom. The van der Waals surface area contributed by atoms with E-state index < -0.39 is 6.10 Å². The van der Waals surface area contributed by atoms with Crippen LogP contribution in [0.15, 0.2) is 51.4 Å². The monoisotopic (exact) mass is 382 g/mol. The molecule has 0 aliphatic rings. The molecule has 0 saturated carbocycles. The number of hydrogen-bond donors (Lipinski definition) is 1. The van der Waals surface area contributed by atoms with E-state index in [1.165, 1.54) is 5.56 Å². The molecule has 0 spiro atoms. The van der Waals surface area contributed by atoms with Gasteiger partial charge in [0.1, 0.15) is 6.10 Å². The van der Waals surface area contributed by atoms with Gasteiger partial charge in [0.25, 0.3) is 0 Å². The number of aryl methyl sites for hydroxylation is 1. The molecule has 0 aliphatic heterocycles. The van der Waals surface area contributed by atoms with Crippen LogP contribution in [0.25, 0.3) is 0 Å². The Kier molecular flexibility index (Phi) is 5.20. The first kappa shape index (κ1) is 14.8. The van der Waals surface area contributed by atoms with Crippen molar-refractivity contribution in [1.82, 2.24) is 0 Å². The minimum Gasteiger partial charge on any atom is -0.384 e. The maximum atomic E-state index is 10.5. The fourth-order valence-electron chi connectivity index (χ4n) is 2.11. The van der Waals surface area contributed by atoms with Gasteiger partial charge in [-0.15, -0.1) is 0 Å². The number of hydrogen-bond acceptors (Lipinski definition) is 1. The van der Waals surface area contributed by atoms with Gasteiger partial charge >= 0.3 is 0 Å². The van der Waals surface area contributed by atoms with Gasteiger partial charge in [-0.3, -0.25) is 0 Å². The van der Waals surface area contributed by atoms with Crippen molar-refractivity contribution < 1.29 is 5.11 Å². The van der Waals surface area contributed by atoms with Crippen LogP contribution in [0, 0.1) is 0 Å². The molecule has 2 rings (SSSR count). The van der Waals surface area contributed by atoms with Crippen molar-refractivity contribution in [1.29, 1.82) is 0 Å². The Morgan fingerprint density at radius 1 is 1.11 bits per heavy atom. The summed E-state index contributed by atoms with van der Waals surface area (Å²) in [6.07, 6.45) is 1.56. The van der Waals surface area contributed by atoms with Gasteiger partial charge in [-0.1, -0.05) is 75.5 Å². The summed E-state index contributed by atoms with van der Waals surface area (Å²) in [7, 11) is 0. The quantitative estimate of drug-likeness (QED) is 0.764. The van der Waals surface area contributed by atoms with Crippen LogP contribution < -0.4 is 0 Å². The van der Waals surface area contributed by atoms with Crippen molar-refractivity contribution in [2.75, 3.05) is 0 Å². The Hall–Kier alpha value is -0.640. The van der Waals surface area contributed by atoms with Gasteiger partial charge in [-0.25, -0.2) is 0 Å². The molecule has 1 N–H and O–H groups in total. The average Bonchev–Trinajstić information content (AvgIpc) is 2.39. The zero-order valence-corrected chi connectivity index (χ0v) is 13.9. The molecule has 0 saturated heterocycles. The van der Waals surface area contributed by atoms with Crippen LogP contribution in [0.4, 0.5) is 0 Å². The van der Waals surface area contributed by atoms with Gasteiger partial charge in [0.05, 0.1) is 0 Å². The SMILES string of the molecule is CCCc1cccc(C(O)c2ccc(Br)cc2Br)c1. The van der Waals surface area contributed by atoms with E-state index in [-0.39, 0.29) is 0 Å². The zero-order valence-electron chi connectivity index (χ0n) is 10.7. The minimum atomic E-state index is -0.598. The number of rotatable bonds is 4. The summed E-state index contributed by atoms with van der Waals surface area (Å²) in [5, 5.41) is 10.5. The van der Waals surface area contributed by atoms with Crippen molar-refractivity contribution in [2.24, 2.45) is 0 Å². The maximum Gasteiger partial charge on any atom is 0.105 e. The van der Waals surface area contributed by atoms with Gasteiger partial charge in [-0.05, 0) is 35.2 Å². The third kappa shape index (κ3) is 3.68. The third-order valence-electron chi connectivity index (χ3n) is 3.06. The molecule has 1 atom stereocenters. The predicted octanol–water partition coefficient (Wildman–Crippen LogP) is 5.25. The lowest BCUT2D eigenvalue weighted by molar-refractivity contribution is 0.219. The summed E-state index contributed by atoms with van der Waals surface area (Å²) in [5.74, 6) is 0. The van der Waals surface area contributed by atoms with Gasteiger partial charge in [0.15, 0.2) is 0 Å². The molecular weight excluding hydrogens is 368 g/mol. The lowest BCUT2D eigenvalue weighted by Crippen LogP contribution is -2.01. The lowest BCUT2D eigenvalue weighted by atomic mass is 9.98. The maximum absolute atomic E-state index is 10.5. The Bertz CT molecular complexity index is 566. The van der Waals surface area contributed by atoms with E-state index in [9.17, 15) is 5.11 Å². The van der Waals surface area contributed by atoms with Crippen LogP contribution in [-0.4, -0.2) is 5.11 Å². The van der Waals surface area contributed by atoms with Gasteiger partial charge in [-0.2, -0.15) is 0 Å². The highest BCUT2D eigenvalue weighted by atomic mass is 79.9. The second-order valence-electron chi connectivity index (χ2n) is 4.56. The Balaban J connectivity index is 2.32. The molecule has 0 radical (unpaired) electrons. The first-order valence-electron chi connectivity index (χ1n) is 6.33. The molecular formula is C16H16Br2O. The lowest BCUT2D eigenvalue weighted by Gasteiger charge is -2.14. The number of aliphatic hydroxyl groups is 1. The number of benzene rings is 2. The molecule has 0 aliphatic carbocycles. The number of aliphatic hydroxyl groups excluding tert-OH is 1. The molecule has 19 heavy (non-hydrogen) atoms. The minimum absolute atomic E-state index is 0.598. The molecule has 1 unspecified atom stereocenters. The topological polar surface area (TPSA) is 20.2 Å². The van der Waals surface area contributed by atoms with E-state index in [0.717, 1.165) is 32.9 Å². The van der Waals surface area contributed by atoms with E-state index in [4.69, 9.17) is 0 Å². The fourth-order valence-corrected chi connectivity index (χ4v) is 3.37. The average molecular weight is 384 g/mol. The number of halogens is 2. The Labute approximate surface area is 130 Å². The normalized spacial score (nSPS) is 12.4. The Morgan fingerprint density at radius 3 is 2.58 bits per heavy atom. The summed E-state index contributed by atoms with van der Waals surface area (Å²) in [6, 6.07) is 14.0. The zero-order chi connectivity index (χ0) is 13.8. The van der Waals surface area contributed by atoms with E-state index in [0.29, 0.717) is 0 Å². The largest absolute Gasteiger partial charge is 0.384 e. The van der Waals surface area contributed by atoms with Crippen LogP contribution in [0.5, 0.6) is 0 Å². The highest BCUT2D eigenvalue weighted by Crippen LogP contribution is 2.31. The summed E-state index contributed by atoms with van der Waals surface area (Å²) in [5.41, 5.74) is 3.10. The molecule has 0 heterocycles. The van der Waals surface area contributed by atoms with Gasteiger partial charge in [0, 0.05) is 8.95 Å². The molecule has 0 aromatic heterocycles. The second-order valence-corrected chi connectivity index (χ2v) is 6.33. The van der Waals surface area contributed by atoms with Crippen LogP contribution in [-0.2, 0) is 6.42 Å². The van der Waals surface area contributed by atoms with Crippen molar-refractivity contribution >= 4 is 31.9 Å².